The Bertz CT molecular complexity index is 952. The Labute approximate surface area is 153 Å². The lowest BCUT2D eigenvalue weighted by molar-refractivity contribution is -0.120. The maximum Gasteiger partial charge on any atom is 0.227 e. The number of aromatic nitrogens is 1. The van der Waals surface area contributed by atoms with E-state index in [4.69, 9.17) is 0 Å². The molecule has 3 aromatic rings. The van der Waals surface area contributed by atoms with Crippen LogP contribution >= 0.6 is 0 Å². The molecule has 1 aliphatic rings. The van der Waals surface area contributed by atoms with Crippen LogP contribution in [0.15, 0.2) is 36.4 Å². The summed E-state index contributed by atoms with van der Waals surface area (Å²) in [5.41, 5.74) is 4.09. The molecule has 4 heteroatoms. The fourth-order valence-electron chi connectivity index (χ4n) is 4.28. The van der Waals surface area contributed by atoms with Gasteiger partial charge in [0.2, 0.25) is 5.91 Å². The van der Waals surface area contributed by atoms with Gasteiger partial charge in [-0.1, -0.05) is 25.3 Å². The Hall–Kier alpha value is -2.33. The van der Waals surface area contributed by atoms with E-state index in [2.05, 4.69) is 41.1 Å². The van der Waals surface area contributed by atoms with Crippen molar-refractivity contribution in [3.63, 3.8) is 0 Å². The Morgan fingerprint density at radius 1 is 1.08 bits per heavy atom. The zero-order chi connectivity index (χ0) is 18.1. The number of carbonyl (C=O) groups is 1. The summed E-state index contributed by atoms with van der Waals surface area (Å²) in [5.74, 6) is 0.303. The van der Waals surface area contributed by atoms with E-state index in [1.807, 2.05) is 12.1 Å². The Morgan fingerprint density at radius 2 is 1.77 bits per heavy atom. The van der Waals surface area contributed by atoms with Crippen LogP contribution in [0.1, 0.15) is 44.6 Å². The molecule has 136 valence electrons. The molecule has 4 rings (SSSR count). The van der Waals surface area contributed by atoms with Crippen molar-refractivity contribution in [1.82, 2.24) is 4.57 Å². The van der Waals surface area contributed by atoms with Crippen molar-refractivity contribution in [3.05, 3.63) is 42.0 Å². The lowest BCUT2D eigenvalue weighted by Crippen LogP contribution is -2.24. The molecule has 0 aliphatic heterocycles. The number of anilines is 1. The van der Waals surface area contributed by atoms with Crippen molar-refractivity contribution in [3.8, 4) is 0 Å². The van der Waals surface area contributed by atoms with E-state index in [-0.39, 0.29) is 18.4 Å². The summed E-state index contributed by atoms with van der Waals surface area (Å²) in [4.78, 5) is 12.6. The highest BCUT2D eigenvalue weighted by Crippen LogP contribution is 2.32. The second-order valence-electron chi connectivity index (χ2n) is 7.31. The maximum atomic E-state index is 12.6. The molecule has 1 saturated carbocycles. The van der Waals surface area contributed by atoms with Crippen molar-refractivity contribution >= 4 is 33.4 Å². The molecule has 1 aliphatic carbocycles. The summed E-state index contributed by atoms with van der Waals surface area (Å²) >= 11 is 0. The third kappa shape index (κ3) is 2.99. The molecule has 2 aromatic carbocycles. The molecule has 4 nitrogen and oxygen atoms in total. The number of carbonyl (C=O) groups excluding carboxylic acids is 1. The first-order valence-electron chi connectivity index (χ1n) is 9.68. The molecule has 0 bridgehead atoms. The summed E-state index contributed by atoms with van der Waals surface area (Å²) in [7, 11) is 0. The second-order valence-corrected chi connectivity index (χ2v) is 7.31. The standard InChI is InChI=1S/C22H26N2O2/c1-2-24-20-10-8-15(14-25)12-18(20)19-13-17(9-11-21(19)24)23-22(26)16-6-4-3-5-7-16/h8-13,16,25H,2-7,14H2,1H3,(H,23,26). The minimum absolute atomic E-state index is 0.0346. The molecule has 0 atom stereocenters. The van der Waals surface area contributed by atoms with Gasteiger partial charge in [-0.15, -0.1) is 0 Å². The van der Waals surface area contributed by atoms with Crippen LogP contribution < -0.4 is 5.32 Å². The van der Waals surface area contributed by atoms with Gasteiger partial charge in [-0.05, 0) is 55.7 Å². The van der Waals surface area contributed by atoms with Crippen LogP contribution in [0.25, 0.3) is 21.8 Å². The molecule has 26 heavy (non-hydrogen) atoms. The number of aryl methyl sites for hydroxylation is 1. The van der Waals surface area contributed by atoms with Gasteiger partial charge < -0.3 is 15.0 Å². The van der Waals surface area contributed by atoms with Crippen LogP contribution in [0.5, 0.6) is 0 Å². The molecule has 2 N–H and O–H groups in total. The first-order valence-corrected chi connectivity index (χ1v) is 9.68. The quantitative estimate of drug-likeness (QED) is 0.708. The van der Waals surface area contributed by atoms with Crippen LogP contribution in [-0.2, 0) is 17.9 Å². The fourth-order valence-corrected chi connectivity index (χ4v) is 4.28. The summed E-state index contributed by atoms with van der Waals surface area (Å²) in [6.45, 7) is 3.05. The van der Waals surface area contributed by atoms with Crippen LogP contribution in [0.3, 0.4) is 0 Å². The topological polar surface area (TPSA) is 54.3 Å². The predicted molar refractivity (Wildman–Crippen MR) is 106 cm³/mol. The van der Waals surface area contributed by atoms with Gasteiger partial charge in [-0.3, -0.25) is 4.79 Å². The molecule has 1 amide bonds. The van der Waals surface area contributed by atoms with Crippen LogP contribution in [-0.4, -0.2) is 15.6 Å². The largest absolute Gasteiger partial charge is 0.392 e. The van der Waals surface area contributed by atoms with Gasteiger partial charge in [-0.25, -0.2) is 0 Å². The Kier molecular flexibility index (Phi) is 4.68. The van der Waals surface area contributed by atoms with Gasteiger partial charge in [0.05, 0.1) is 6.61 Å². The number of hydrogen-bond acceptors (Lipinski definition) is 2. The van der Waals surface area contributed by atoms with Gasteiger partial charge in [0.25, 0.3) is 0 Å². The number of aliphatic hydroxyl groups excluding tert-OH is 1. The highest BCUT2D eigenvalue weighted by atomic mass is 16.3. The second kappa shape index (κ2) is 7.12. The molecule has 1 heterocycles. The highest BCUT2D eigenvalue weighted by Gasteiger charge is 2.21. The molecule has 0 spiro atoms. The third-order valence-corrected chi connectivity index (χ3v) is 5.67. The minimum Gasteiger partial charge on any atom is -0.392 e. The van der Waals surface area contributed by atoms with Crippen molar-refractivity contribution in [2.24, 2.45) is 5.92 Å². The SMILES string of the molecule is CCn1c2ccc(CO)cc2c2cc(NC(=O)C3CCCCC3)ccc21. The van der Waals surface area contributed by atoms with Crippen LogP contribution in [0.2, 0.25) is 0 Å². The number of aliphatic hydroxyl groups is 1. The molecule has 0 radical (unpaired) electrons. The summed E-state index contributed by atoms with van der Waals surface area (Å²) in [6.07, 6.45) is 5.57. The van der Waals surface area contributed by atoms with E-state index in [9.17, 15) is 9.90 Å². The minimum atomic E-state index is 0.0346. The number of nitrogens with one attached hydrogen (secondary N) is 1. The van der Waals surface area contributed by atoms with E-state index in [0.717, 1.165) is 65.3 Å². The molecule has 0 saturated heterocycles. The van der Waals surface area contributed by atoms with Gasteiger partial charge in [0, 0.05) is 40.0 Å². The predicted octanol–water partition coefficient (Wildman–Crippen LogP) is 4.83. The van der Waals surface area contributed by atoms with E-state index in [1.54, 1.807) is 0 Å². The number of fused-ring (bicyclic) bond motifs is 3. The zero-order valence-corrected chi connectivity index (χ0v) is 15.3. The van der Waals surface area contributed by atoms with Crippen molar-refractivity contribution in [2.45, 2.75) is 52.2 Å². The van der Waals surface area contributed by atoms with E-state index in [1.165, 1.54) is 6.42 Å². The zero-order valence-electron chi connectivity index (χ0n) is 15.3. The Balaban J connectivity index is 1.73. The van der Waals surface area contributed by atoms with Crippen LogP contribution in [0.4, 0.5) is 5.69 Å². The van der Waals surface area contributed by atoms with Gasteiger partial charge in [0.15, 0.2) is 0 Å². The number of benzene rings is 2. The molecule has 0 unspecified atom stereocenters. The fraction of sp³-hybridized carbons (Fsp3) is 0.409. The smallest absolute Gasteiger partial charge is 0.227 e. The third-order valence-electron chi connectivity index (χ3n) is 5.67. The maximum absolute atomic E-state index is 12.6. The summed E-state index contributed by atoms with van der Waals surface area (Å²) in [5, 5.41) is 14.9. The lowest BCUT2D eigenvalue weighted by atomic mass is 9.88. The monoisotopic (exact) mass is 350 g/mol. The number of nitrogens with zero attached hydrogens (tertiary/aromatic N) is 1. The lowest BCUT2D eigenvalue weighted by Gasteiger charge is -2.20. The molecule has 1 aromatic heterocycles. The van der Waals surface area contributed by atoms with E-state index in [0.29, 0.717) is 0 Å². The molecular formula is C22H26N2O2. The number of rotatable bonds is 4. The van der Waals surface area contributed by atoms with Crippen molar-refractivity contribution in [1.29, 1.82) is 0 Å². The first-order chi connectivity index (χ1) is 12.7. The first kappa shape index (κ1) is 17.1. The van der Waals surface area contributed by atoms with Crippen LogP contribution in [0, 0.1) is 5.92 Å². The molecule has 1 fully saturated rings. The van der Waals surface area contributed by atoms with Gasteiger partial charge in [-0.2, -0.15) is 0 Å². The van der Waals surface area contributed by atoms with E-state index >= 15 is 0 Å². The summed E-state index contributed by atoms with van der Waals surface area (Å²) < 4.78 is 2.28. The van der Waals surface area contributed by atoms with Crippen molar-refractivity contribution in [2.75, 3.05) is 5.32 Å². The normalized spacial score (nSPS) is 15.6. The Morgan fingerprint density at radius 3 is 2.46 bits per heavy atom. The number of hydrogen-bond donors (Lipinski definition) is 2. The molecular weight excluding hydrogens is 324 g/mol. The average Bonchev–Trinajstić information content (AvgIpc) is 3.00. The summed E-state index contributed by atoms with van der Waals surface area (Å²) in [6, 6.07) is 12.3. The van der Waals surface area contributed by atoms with Crippen molar-refractivity contribution < 1.29 is 9.90 Å². The number of amides is 1. The van der Waals surface area contributed by atoms with E-state index < -0.39 is 0 Å². The van der Waals surface area contributed by atoms with Gasteiger partial charge >= 0.3 is 0 Å². The highest BCUT2D eigenvalue weighted by molar-refractivity contribution is 6.10. The van der Waals surface area contributed by atoms with Gasteiger partial charge in [0.1, 0.15) is 0 Å². The average molecular weight is 350 g/mol.